The van der Waals surface area contributed by atoms with Crippen LogP contribution >= 0.6 is 0 Å². The maximum atomic E-state index is 13.3. The molecular weight excluding hydrogens is 285 g/mol. The second-order valence-corrected chi connectivity index (χ2v) is 4.93. The summed E-state index contributed by atoms with van der Waals surface area (Å²) in [5.41, 5.74) is 0.880. The molecule has 1 fully saturated rings. The number of nitrogens with zero attached hydrogens (tertiary/aromatic N) is 2. The number of hydrogen-bond acceptors (Lipinski definition) is 3. The van der Waals surface area contributed by atoms with Gasteiger partial charge in [0, 0.05) is 6.42 Å². The molecule has 0 unspecified atom stereocenters. The topological polar surface area (TPSA) is 36.3 Å². The van der Waals surface area contributed by atoms with E-state index in [2.05, 4.69) is 4.98 Å². The molecule has 1 saturated heterocycles. The van der Waals surface area contributed by atoms with Gasteiger partial charge in [-0.2, -0.15) is 0 Å². The van der Waals surface area contributed by atoms with Crippen LogP contribution in [0, 0.1) is 5.82 Å². The van der Waals surface area contributed by atoms with E-state index in [-0.39, 0.29) is 6.10 Å². The van der Waals surface area contributed by atoms with E-state index in [1.54, 1.807) is 0 Å². The predicted molar refractivity (Wildman–Crippen MR) is 70.0 cm³/mol. The molecule has 7 heteroatoms. The molecule has 3 rings (SSSR count). The number of imidazole rings is 1. The van der Waals surface area contributed by atoms with Crippen molar-refractivity contribution in [2.75, 3.05) is 19.8 Å². The Bertz CT molecular complexity index is 624. The summed E-state index contributed by atoms with van der Waals surface area (Å²) in [6.45, 7) is 0.915. The Morgan fingerprint density at radius 3 is 2.90 bits per heavy atom. The normalized spacial score (nSPS) is 19.5. The molecular formula is C14H15F3N2O2. The molecule has 1 aliphatic heterocycles. The number of hydrogen-bond donors (Lipinski definition) is 0. The van der Waals surface area contributed by atoms with E-state index < -0.39 is 18.8 Å². The summed E-state index contributed by atoms with van der Waals surface area (Å²) in [5.74, 6) is -0.00637. The number of aromatic nitrogens is 2. The second-order valence-electron chi connectivity index (χ2n) is 4.93. The molecule has 0 bridgehead atoms. The van der Waals surface area contributed by atoms with Crippen molar-refractivity contribution in [2.24, 2.45) is 0 Å². The lowest BCUT2D eigenvalue weighted by atomic mass is 10.2. The highest BCUT2D eigenvalue weighted by Crippen LogP contribution is 2.21. The van der Waals surface area contributed by atoms with Crippen molar-refractivity contribution in [1.82, 2.24) is 9.55 Å². The van der Waals surface area contributed by atoms with Crippen LogP contribution in [0.5, 0.6) is 0 Å². The van der Waals surface area contributed by atoms with E-state index in [4.69, 9.17) is 9.47 Å². The number of halogens is 3. The molecule has 114 valence electrons. The van der Waals surface area contributed by atoms with Crippen LogP contribution in [0.3, 0.4) is 0 Å². The summed E-state index contributed by atoms with van der Waals surface area (Å²) in [6, 6.07) is 3.99. The third kappa shape index (κ3) is 3.19. The highest BCUT2D eigenvalue weighted by molar-refractivity contribution is 5.76. The Balaban J connectivity index is 1.95. The Labute approximate surface area is 119 Å². The van der Waals surface area contributed by atoms with Crippen LogP contribution in [0.2, 0.25) is 0 Å². The first-order valence-electron chi connectivity index (χ1n) is 6.75. The quantitative estimate of drug-likeness (QED) is 0.870. The first kappa shape index (κ1) is 14.3. The van der Waals surface area contributed by atoms with Gasteiger partial charge >= 0.3 is 0 Å². The number of benzene rings is 1. The lowest BCUT2D eigenvalue weighted by molar-refractivity contribution is -0.0881. The van der Waals surface area contributed by atoms with Crippen molar-refractivity contribution in [2.45, 2.75) is 25.5 Å². The smallest absolute Gasteiger partial charge is 0.256 e. The van der Waals surface area contributed by atoms with Gasteiger partial charge in [0.1, 0.15) is 11.6 Å². The molecule has 4 nitrogen and oxygen atoms in total. The fraction of sp³-hybridized carbons (Fsp3) is 0.500. The van der Waals surface area contributed by atoms with E-state index in [1.807, 2.05) is 0 Å². The molecule has 0 saturated carbocycles. The number of fused-ring (bicyclic) bond motifs is 1. The fourth-order valence-electron chi connectivity index (χ4n) is 2.50. The molecule has 1 aliphatic rings. The van der Waals surface area contributed by atoms with Crippen molar-refractivity contribution in [3.63, 3.8) is 0 Å². The van der Waals surface area contributed by atoms with Gasteiger partial charge < -0.3 is 14.0 Å². The SMILES string of the molecule is Fc1ccc2nc(C[C@H]3COCCO3)n(CC(F)F)c2c1. The van der Waals surface area contributed by atoms with Crippen molar-refractivity contribution >= 4 is 11.0 Å². The second kappa shape index (κ2) is 6.03. The lowest BCUT2D eigenvalue weighted by Crippen LogP contribution is -2.31. The van der Waals surface area contributed by atoms with E-state index in [0.29, 0.717) is 43.1 Å². The van der Waals surface area contributed by atoms with Gasteiger partial charge in [-0.1, -0.05) is 0 Å². The van der Waals surface area contributed by atoms with Gasteiger partial charge in [0.05, 0.1) is 43.5 Å². The zero-order valence-corrected chi connectivity index (χ0v) is 11.3. The van der Waals surface area contributed by atoms with E-state index in [0.717, 1.165) is 0 Å². The highest BCUT2D eigenvalue weighted by Gasteiger charge is 2.21. The summed E-state index contributed by atoms with van der Waals surface area (Å²) in [4.78, 5) is 4.33. The molecule has 0 spiro atoms. The first-order chi connectivity index (χ1) is 10.1. The minimum Gasteiger partial charge on any atom is -0.376 e. The predicted octanol–water partition coefficient (Wildman–Crippen LogP) is 2.40. The van der Waals surface area contributed by atoms with Crippen LogP contribution in [-0.4, -0.2) is 41.9 Å². The standard InChI is InChI=1S/C14H15F3N2O2/c15-9-1-2-11-12(5-9)19(7-13(16)17)14(18-11)6-10-8-20-3-4-21-10/h1-2,5,10,13H,3-4,6-8H2/t10-/m0/s1. The molecule has 1 atom stereocenters. The number of rotatable bonds is 4. The fourth-order valence-corrected chi connectivity index (χ4v) is 2.50. The van der Waals surface area contributed by atoms with Crippen molar-refractivity contribution in [1.29, 1.82) is 0 Å². The van der Waals surface area contributed by atoms with Crippen molar-refractivity contribution in [3.8, 4) is 0 Å². The van der Waals surface area contributed by atoms with Crippen LogP contribution in [-0.2, 0) is 22.4 Å². The average molecular weight is 300 g/mol. The van der Waals surface area contributed by atoms with Crippen molar-refractivity contribution in [3.05, 3.63) is 29.8 Å². The van der Waals surface area contributed by atoms with Gasteiger partial charge in [-0.15, -0.1) is 0 Å². The van der Waals surface area contributed by atoms with Crippen molar-refractivity contribution < 1.29 is 22.6 Å². The molecule has 0 N–H and O–H groups in total. The minimum absolute atomic E-state index is 0.211. The molecule has 0 amide bonds. The minimum atomic E-state index is -2.53. The summed E-state index contributed by atoms with van der Waals surface area (Å²) < 4.78 is 51.1. The van der Waals surface area contributed by atoms with Crippen LogP contribution in [0.4, 0.5) is 13.2 Å². The maximum Gasteiger partial charge on any atom is 0.256 e. The summed E-state index contributed by atoms with van der Waals surface area (Å²) in [5, 5.41) is 0. The molecule has 1 aromatic heterocycles. The van der Waals surface area contributed by atoms with Gasteiger partial charge in [0.25, 0.3) is 6.43 Å². The molecule has 21 heavy (non-hydrogen) atoms. The van der Waals surface area contributed by atoms with Gasteiger partial charge in [-0.25, -0.2) is 18.2 Å². The Hall–Kier alpha value is -1.60. The number of ether oxygens (including phenoxy) is 2. The third-order valence-electron chi connectivity index (χ3n) is 3.41. The summed E-state index contributed by atoms with van der Waals surface area (Å²) in [7, 11) is 0. The van der Waals surface area contributed by atoms with Gasteiger partial charge in [-0.05, 0) is 18.2 Å². The Kier molecular flexibility index (Phi) is 4.12. The lowest BCUT2D eigenvalue weighted by Gasteiger charge is -2.22. The number of alkyl halides is 2. The van der Waals surface area contributed by atoms with E-state index >= 15 is 0 Å². The van der Waals surface area contributed by atoms with Gasteiger partial charge in [0.15, 0.2) is 0 Å². The zero-order valence-electron chi connectivity index (χ0n) is 11.3. The summed E-state index contributed by atoms with van der Waals surface area (Å²) in [6.07, 6.45) is -2.38. The van der Waals surface area contributed by atoms with Crippen LogP contribution < -0.4 is 0 Å². The molecule has 1 aromatic carbocycles. The van der Waals surface area contributed by atoms with Crippen LogP contribution in [0.15, 0.2) is 18.2 Å². The Morgan fingerprint density at radius 2 is 2.19 bits per heavy atom. The maximum absolute atomic E-state index is 13.3. The highest BCUT2D eigenvalue weighted by atomic mass is 19.3. The molecule has 0 aliphatic carbocycles. The first-order valence-corrected chi connectivity index (χ1v) is 6.75. The molecule has 2 heterocycles. The van der Waals surface area contributed by atoms with E-state index in [1.165, 1.54) is 22.8 Å². The molecule has 2 aromatic rings. The van der Waals surface area contributed by atoms with Gasteiger partial charge in [0.2, 0.25) is 0 Å². The van der Waals surface area contributed by atoms with Gasteiger partial charge in [-0.3, -0.25) is 0 Å². The summed E-state index contributed by atoms with van der Waals surface area (Å²) >= 11 is 0. The molecule has 0 radical (unpaired) electrons. The largest absolute Gasteiger partial charge is 0.376 e. The van der Waals surface area contributed by atoms with E-state index in [9.17, 15) is 13.2 Å². The van der Waals surface area contributed by atoms with Crippen LogP contribution in [0.25, 0.3) is 11.0 Å². The van der Waals surface area contributed by atoms with Crippen LogP contribution in [0.1, 0.15) is 5.82 Å². The monoisotopic (exact) mass is 300 g/mol. The zero-order chi connectivity index (χ0) is 14.8. The average Bonchev–Trinajstić information content (AvgIpc) is 2.77. The third-order valence-corrected chi connectivity index (χ3v) is 3.41. The Morgan fingerprint density at radius 1 is 1.33 bits per heavy atom.